The second-order valence-corrected chi connectivity index (χ2v) is 5.31. The molecule has 2 fully saturated rings. The fourth-order valence-corrected chi connectivity index (χ4v) is 3.06. The Labute approximate surface area is 75.3 Å². The fourth-order valence-electron chi connectivity index (χ4n) is 3.06. The third kappa shape index (κ3) is 1.01. The molecule has 2 atom stereocenters. The Morgan fingerprint density at radius 1 is 1.33 bits per heavy atom. The van der Waals surface area contributed by atoms with E-state index in [0.29, 0.717) is 17.1 Å². The van der Waals surface area contributed by atoms with Crippen molar-refractivity contribution in [3.05, 3.63) is 0 Å². The number of fused-ring (bicyclic) bond motifs is 2. The van der Waals surface area contributed by atoms with E-state index in [0.717, 1.165) is 0 Å². The third-order valence-corrected chi connectivity index (χ3v) is 3.50. The molecule has 2 saturated heterocycles. The maximum Gasteiger partial charge on any atom is 0.0327 e. The van der Waals surface area contributed by atoms with E-state index in [9.17, 15) is 0 Å². The molecule has 2 heteroatoms. The summed E-state index contributed by atoms with van der Waals surface area (Å²) < 4.78 is 0. The highest BCUT2D eigenvalue weighted by atomic mass is 15.3. The van der Waals surface area contributed by atoms with Crippen LogP contribution in [-0.2, 0) is 0 Å². The average molecular weight is 168 g/mol. The smallest absolute Gasteiger partial charge is 0.0327 e. The SMILES string of the molecule is CC(C)N1CC2(C)CC1(C)CN2. The molecular weight excluding hydrogens is 148 g/mol. The van der Waals surface area contributed by atoms with Gasteiger partial charge in [0.25, 0.3) is 0 Å². The largest absolute Gasteiger partial charge is 0.308 e. The first-order valence-electron chi connectivity index (χ1n) is 4.97. The van der Waals surface area contributed by atoms with Crippen LogP contribution >= 0.6 is 0 Å². The molecule has 2 aliphatic heterocycles. The van der Waals surface area contributed by atoms with Crippen LogP contribution in [0.5, 0.6) is 0 Å². The first-order valence-corrected chi connectivity index (χ1v) is 4.97. The highest BCUT2D eigenvalue weighted by molar-refractivity contribution is 5.14. The Morgan fingerprint density at radius 2 is 2.00 bits per heavy atom. The molecular formula is C10H20N2. The first kappa shape index (κ1) is 8.52. The quantitative estimate of drug-likeness (QED) is 0.633. The zero-order chi connectivity index (χ0) is 8.98. The molecule has 0 spiro atoms. The van der Waals surface area contributed by atoms with Gasteiger partial charge in [-0.05, 0) is 34.1 Å². The van der Waals surface area contributed by atoms with Gasteiger partial charge in [-0.15, -0.1) is 0 Å². The molecule has 2 rings (SSSR count). The van der Waals surface area contributed by atoms with Gasteiger partial charge in [0.15, 0.2) is 0 Å². The molecule has 0 aromatic carbocycles. The Bertz CT molecular complexity index is 202. The summed E-state index contributed by atoms with van der Waals surface area (Å²) in [4.78, 5) is 2.64. The van der Waals surface area contributed by atoms with Gasteiger partial charge in [-0.1, -0.05) is 0 Å². The molecule has 0 aromatic heterocycles. The number of nitrogens with zero attached hydrogens (tertiary/aromatic N) is 1. The minimum Gasteiger partial charge on any atom is -0.308 e. The van der Waals surface area contributed by atoms with Crippen molar-refractivity contribution in [1.82, 2.24) is 10.2 Å². The Hall–Kier alpha value is -0.0800. The minimum atomic E-state index is 0.402. The lowest BCUT2D eigenvalue weighted by Crippen LogP contribution is -2.56. The first-order chi connectivity index (χ1) is 5.45. The number of nitrogens with one attached hydrogen (secondary N) is 1. The van der Waals surface area contributed by atoms with Crippen LogP contribution < -0.4 is 5.32 Å². The number of likely N-dealkylation sites (tertiary alicyclic amines) is 1. The van der Waals surface area contributed by atoms with Crippen molar-refractivity contribution in [3.63, 3.8) is 0 Å². The number of hydrogen-bond donors (Lipinski definition) is 1. The van der Waals surface area contributed by atoms with Gasteiger partial charge >= 0.3 is 0 Å². The average Bonchev–Trinajstić information content (AvgIpc) is 2.36. The van der Waals surface area contributed by atoms with E-state index >= 15 is 0 Å². The van der Waals surface area contributed by atoms with Gasteiger partial charge < -0.3 is 5.32 Å². The van der Waals surface area contributed by atoms with E-state index in [2.05, 4.69) is 37.9 Å². The van der Waals surface area contributed by atoms with Gasteiger partial charge in [-0.3, -0.25) is 4.90 Å². The minimum absolute atomic E-state index is 0.402. The zero-order valence-corrected chi connectivity index (χ0v) is 8.65. The molecule has 0 amide bonds. The molecule has 2 unspecified atom stereocenters. The van der Waals surface area contributed by atoms with Crippen molar-refractivity contribution in [2.75, 3.05) is 13.1 Å². The van der Waals surface area contributed by atoms with Gasteiger partial charge in [0.1, 0.15) is 0 Å². The maximum absolute atomic E-state index is 3.62. The highest BCUT2D eigenvalue weighted by Gasteiger charge is 2.54. The lowest BCUT2D eigenvalue weighted by Gasteiger charge is -2.40. The van der Waals surface area contributed by atoms with Crippen LogP contribution in [0.1, 0.15) is 34.1 Å². The molecule has 0 radical (unpaired) electrons. The number of piperazine rings is 1. The Balaban J connectivity index is 2.22. The van der Waals surface area contributed by atoms with E-state index < -0.39 is 0 Å². The molecule has 2 nitrogen and oxygen atoms in total. The Morgan fingerprint density at radius 3 is 2.25 bits per heavy atom. The summed E-state index contributed by atoms with van der Waals surface area (Å²) in [6.45, 7) is 11.7. The van der Waals surface area contributed by atoms with Gasteiger partial charge in [0.2, 0.25) is 0 Å². The second-order valence-electron chi connectivity index (χ2n) is 5.31. The molecule has 2 heterocycles. The van der Waals surface area contributed by atoms with Crippen LogP contribution in [0.15, 0.2) is 0 Å². The zero-order valence-electron chi connectivity index (χ0n) is 8.65. The van der Waals surface area contributed by atoms with Gasteiger partial charge in [-0.2, -0.15) is 0 Å². The summed E-state index contributed by atoms with van der Waals surface area (Å²) >= 11 is 0. The fraction of sp³-hybridized carbons (Fsp3) is 1.00. The summed E-state index contributed by atoms with van der Waals surface area (Å²) in [7, 11) is 0. The molecule has 12 heavy (non-hydrogen) atoms. The summed E-state index contributed by atoms with van der Waals surface area (Å²) in [5.41, 5.74) is 0.835. The molecule has 70 valence electrons. The van der Waals surface area contributed by atoms with Gasteiger partial charge in [0.05, 0.1) is 0 Å². The summed E-state index contributed by atoms with van der Waals surface area (Å²) in [6, 6.07) is 0.693. The molecule has 1 N–H and O–H groups in total. The second kappa shape index (κ2) is 2.24. The number of rotatable bonds is 1. The van der Waals surface area contributed by atoms with Crippen LogP contribution in [0.2, 0.25) is 0 Å². The summed E-state index contributed by atoms with van der Waals surface area (Å²) in [5, 5.41) is 3.62. The van der Waals surface area contributed by atoms with Crippen LogP contribution in [0.4, 0.5) is 0 Å². The highest BCUT2D eigenvalue weighted by Crippen LogP contribution is 2.41. The van der Waals surface area contributed by atoms with Crippen LogP contribution in [0.25, 0.3) is 0 Å². The standard InChI is InChI=1S/C10H20N2/c1-8(2)12-7-9(3)5-10(12,4)6-11-9/h8,11H,5-7H2,1-4H3. The lowest BCUT2D eigenvalue weighted by atomic mass is 9.97. The molecule has 2 bridgehead atoms. The molecule has 0 aromatic rings. The van der Waals surface area contributed by atoms with Crippen molar-refractivity contribution in [2.45, 2.75) is 51.2 Å². The maximum atomic E-state index is 3.62. The van der Waals surface area contributed by atoms with E-state index in [1.54, 1.807) is 0 Å². The van der Waals surface area contributed by atoms with Crippen molar-refractivity contribution in [2.24, 2.45) is 0 Å². The summed E-state index contributed by atoms with van der Waals surface area (Å²) in [5.74, 6) is 0. The van der Waals surface area contributed by atoms with E-state index in [-0.39, 0.29) is 0 Å². The van der Waals surface area contributed by atoms with E-state index in [1.165, 1.54) is 19.5 Å². The van der Waals surface area contributed by atoms with Crippen LogP contribution in [-0.4, -0.2) is 35.1 Å². The molecule has 2 aliphatic rings. The van der Waals surface area contributed by atoms with Crippen molar-refractivity contribution < 1.29 is 0 Å². The number of hydrogen-bond acceptors (Lipinski definition) is 2. The van der Waals surface area contributed by atoms with Crippen LogP contribution in [0.3, 0.4) is 0 Å². The normalized spacial score (nSPS) is 47.8. The van der Waals surface area contributed by atoms with E-state index in [1.807, 2.05) is 0 Å². The topological polar surface area (TPSA) is 15.3 Å². The monoisotopic (exact) mass is 168 g/mol. The van der Waals surface area contributed by atoms with Crippen LogP contribution in [0, 0.1) is 0 Å². The van der Waals surface area contributed by atoms with Gasteiger partial charge in [-0.25, -0.2) is 0 Å². The Kier molecular flexibility index (Phi) is 1.59. The van der Waals surface area contributed by atoms with Crippen molar-refractivity contribution in [1.29, 1.82) is 0 Å². The summed E-state index contributed by atoms with van der Waals surface area (Å²) in [6.07, 6.45) is 1.32. The predicted octanol–water partition coefficient (Wildman–Crippen LogP) is 1.22. The molecule has 0 aliphatic carbocycles. The van der Waals surface area contributed by atoms with E-state index in [4.69, 9.17) is 0 Å². The molecule has 0 saturated carbocycles. The third-order valence-electron chi connectivity index (χ3n) is 3.50. The lowest BCUT2D eigenvalue weighted by molar-refractivity contribution is 0.0982. The van der Waals surface area contributed by atoms with Crippen molar-refractivity contribution >= 4 is 0 Å². The predicted molar refractivity (Wildman–Crippen MR) is 51.3 cm³/mol. The van der Waals surface area contributed by atoms with Crippen molar-refractivity contribution in [3.8, 4) is 0 Å². The van der Waals surface area contributed by atoms with Gasteiger partial charge in [0, 0.05) is 30.2 Å².